The van der Waals surface area contributed by atoms with Gasteiger partial charge < -0.3 is 4.90 Å². The van der Waals surface area contributed by atoms with Crippen LogP contribution in [0.2, 0.25) is 0 Å². The van der Waals surface area contributed by atoms with Crippen LogP contribution in [-0.2, 0) is 4.79 Å². The number of ketones is 1. The van der Waals surface area contributed by atoms with Gasteiger partial charge in [0.25, 0.3) is 0 Å². The molecule has 1 aliphatic carbocycles. The van der Waals surface area contributed by atoms with Gasteiger partial charge in [0.15, 0.2) is 5.78 Å². The van der Waals surface area contributed by atoms with Crippen molar-refractivity contribution in [3.8, 4) is 0 Å². The van der Waals surface area contributed by atoms with E-state index in [1.54, 1.807) is 6.08 Å². The zero-order valence-corrected chi connectivity index (χ0v) is 9.16. The zero-order chi connectivity index (χ0) is 10.8. The minimum absolute atomic E-state index is 0.252. The van der Waals surface area contributed by atoms with Crippen molar-refractivity contribution in [1.29, 1.82) is 0 Å². The molecule has 0 saturated carbocycles. The molecule has 1 aliphatic rings. The molecule has 0 aliphatic heterocycles. The van der Waals surface area contributed by atoms with Gasteiger partial charge in [0.1, 0.15) is 0 Å². The van der Waals surface area contributed by atoms with Crippen LogP contribution in [0, 0.1) is 0 Å². The summed E-state index contributed by atoms with van der Waals surface area (Å²) >= 11 is 0. The highest BCUT2D eigenvalue weighted by Crippen LogP contribution is 2.26. The van der Waals surface area contributed by atoms with Crippen LogP contribution in [0.4, 0.5) is 5.69 Å². The second-order valence-corrected chi connectivity index (χ2v) is 4.08. The summed E-state index contributed by atoms with van der Waals surface area (Å²) in [6.07, 6.45) is 3.33. The topological polar surface area (TPSA) is 20.3 Å². The fourth-order valence-electron chi connectivity index (χ4n) is 1.80. The third kappa shape index (κ3) is 2.09. The van der Waals surface area contributed by atoms with Crippen molar-refractivity contribution in [2.24, 2.45) is 0 Å². The van der Waals surface area contributed by atoms with Crippen LogP contribution in [0.1, 0.15) is 18.4 Å². The highest BCUT2D eigenvalue weighted by Gasteiger charge is 2.13. The molecule has 0 fully saturated rings. The van der Waals surface area contributed by atoms with E-state index in [1.807, 2.05) is 14.1 Å². The molecule has 0 atom stereocenters. The van der Waals surface area contributed by atoms with Gasteiger partial charge in [0.05, 0.1) is 0 Å². The number of benzene rings is 1. The first-order chi connectivity index (χ1) is 7.16. The molecule has 0 unspecified atom stereocenters. The molecule has 0 spiro atoms. The summed E-state index contributed by atoms with van der Waals surface area (Å²) in [5, 5.41) is 0. The number of carbonyl (C=O) groups is 1. The summed E-state index contributed by atoms with van der Waals surface area (Å²) in [5.74, 6) is 0.252. The average Bonchev–Trinajstić information content (AvgIpc) is 2.65. The minimum atomic E-state index is 0.252. The molecule has 78 valence electrons. The Labute approximate surface area is 90.2 Å². The fourth-order valence-corrected chi connectivity index (χ4v) is 1.80. The summed E-state index contributed by atoms with van der Waals surface area (Å²) in [4.78, 5) is 13.2. The number of rotatable bonds is 2. The number of nitrogens with zero attached hydrogens (tertiary/aromatic N) is 1. The maximum Gasteiger partial charge on any atom is 0.156 e. The third-order valence-corrected chi connectivity index (χ3v) is 2.73. The molecule has 0 bridgehead atoms. The van der Waals surface area contributed by atoms with Gasteiger partial charge in [-0.15, -0.1) is 0 Å². The van der Waals surface area contributed by atoms with Crippen molar-refractivity contribution >= 4 is 17.0 Å². The molecule has 0 N–H and O–H groups in total. The Morgan fingerprint density at radius 1 is 1.07 bits per heavy atom. The maximum atomic E-state index is 11.1. The Hall–Kier alpha value is -1.57. The average molecular weight is 201 g/mol. The summed E-state index contributed by atoms with van der Waals surface area (Å²) < 4.78 is 0. The molecule has 0 aromatic heterocycles. The van der Waals surface area contributed by atoms with Crippen molar-refractivity contribution in [3.63, 3.8) is 0 Å². The van der Waals surface area contributed by atoms with E-state index in [1.165, 1.54) is 16.8 Å². The SMILES string of the molecule is CN(C)c1ccc(C2=CC(=O)CC2)cc1. The van der Waals surface area contributed by atoms with Crippen LogP contribution in [0.3, 0.4) is 0 Å². The Bertz CT molecular complexity index is 401. The monoisotopic (exact) mass is 201 g/mol. The number of hydrogen-bond donors (Lipinski definition) is 0. The van der Waals surface area contributed by atoms with Crippen molar-refractivity contribution < 1.29 is 4.79 Å². The lowest BCUT2D eigenvalue weighted by Crippen LogP contribution is -2.08. The van der Waals surface area contributed by atoms with Gasteiger partial charge in [-0.05, 0) is 35.8 Å². The number of hydrogen-bond acceptors (Lipinski definition) is 2. The molecule has 0 saturated heterocycles. The standard InChI is InChI=1S/C13H15NO/c1-14(2)12-6-3-10(4-7-12)11-5-8-13(15)9-11/h3-4,6-7,9H,5,8H2,1-2H3. The molecular weight excluding hydrogens is 186 g/mol. The second kappa shape index (κ2) is 3.89. The highest BCUT2D eigenvalue weighted by molar-refractivity contribution is 6.01. The van der Waals surface area contributed by atoms with E-state index in [2.05, 4.69) is 29.2 Å². The van der Waals surface area contributed by atoms with Gasteiger partial charge in [-0.2, -0.15) is 0 Å². The largest absolute Gasteiger partial charge is 0.378 e. The minimum Gasteiger partial charge on any atom is -0.378 e. The molecule has 0 radical (unpaired) electrons. The Kier molecular flexibility index (Phi) is 2.58. The first-order valence-corrected chi connectivity index (χ1v) is 5.18. The predicted octanol–water partition coefficient (Wildman–Crippen LogP) is 2.50. The van der Waals surface area contributed by atoms with Gasteiger partial charge in [-0.3, -0.25) is 4.79 Å². The van der Waals surface area contributed by atoms with Crippen LogP contribution < -0.4 is 4.90 Å². The Balaban J connectivity index is 2.24. The van der Waals surface area contributed by atoms with E-state index < -0.39 is 0 Å². The van der Waals surface area contributed by atoms with Gasteiger partial charge >= 0.3 is 0 Å². The normalized spacial score (nSPS) is 15.3. The lowest BCUT2D eigenvalue weighted by molar-refractivity contribution is -0.114. The third-order valence-electron chi connectivity index (χ3n) is 2.73. The van der Waals surface area contributed by atoms with E-state index in [9.17, 15) is 4.79 Å². The summed E-state index contributed by atoms with van der Waals surface area (Å²) in [5.41, 5.74) is 3.53. The molecule has 1 aromatic carbocycles. The molecule has 0 heterocycles. The van der Waals surface area contributed by atoms with Crippen molar-refractivity contribution in [2.45, 2.75) is 12.8 Å². The van der Waals surface area contributed by atoms with Crippen molar-refractivity contribution in [3.05, 3.63) is 35.9 Å². The van der Waals surface area contributed by atoms with E-state index >= 15 is 0 Å². The lowest BCUT2D eigenvalue weighted by Gasteiger charge is -2.12. The second-order valence-electron chi connectivity index (χ2n) is 4.08. The van der Waals surface area contributed by atoms with Crippen LogP contribution in [-0.4, -0.2) is 19.9 Å². The lowest BCUT2D eigenvalue weighted by atomic mass is 10.1. The molecule has 2 heteroatoms. The summed E-state index contributed by atoms with van der Waals surface area (Å²) in [7, 11) is 4.04. The van der Waals surface area contributed by atoms with E-state index in [-0.39, 0.29) is 5.78 Å². The molecule has 2 rings (SSSR count). The first kappa shape index (κ1) is 9.97. The molecule has 0 amide bonds. The highest BCUT2D eigenvalue weighted by atomic mass is 16.1. The first-order valence-electron chi connectivity index (χ1n) is 5.18. The van der Waals surface area contributed by atoms with Crippen LogP contribution in [0.15, 0.2) is 30.3 Å². The fraction of sp³-hybridized carbons (Fsp3) is 0.308. The van der Waals surface area contributed by atoms with E-state index in [0.29, 0.717) is 6.42 Å². The Morgan fingerprint density at radius 2 is 1.73 bits per heavy atom. The van der Waals surface area contributed by atoms with Gasteiger partial charge in [0, 0.05) is 26.2 Å². The van der Waals surface area contributed by atoms with E-state index in [4.69, 9.17) is 0 Å². The van der Waals surface area contributed by atoms with Crippen molar-refractivity contribution in [2.75, 3.05) is 19.0 Å². The molecular formula is C13H15NO. The molecule has 2 nitrogen and oxygen atoms in total. The van der Waals surface area contributed by atoms with Crippen LogP contribution in [0.5, 0.6) is 0 Å². The number of anilines is 1. The molecule has 15 heavy (non-hydrogen) atoms. The smallest absolute Gasteiger partial charge is 0.156 e. The van der Waals surface area contributed by atoms with E-state index in [0.717, 1.165) is 6.42 Å². The van der Waals surface area contributed by atoms with Gasteiger partial charge in [0.2, 0.25) is 0 Å². The summed E-state index contributed by atoms with van der Waals surface area (Å²) in [6.45, 7) is 0. The quantitative estimate of drug-likeness (QED) is 0.732. The maximum absolute atomic E-state index is 11.1. The van der Waals surface area contributed by atoms with Crippen LogP contribution >= 0.6 is 0 Å². The van der Waals surface area contributed by atoms with Crippen LogP contribution in [0.25, 0.3) is 5.57 Å². The zero-order valence-electron chi connectivity index (χ0n) is 9.16. The van der Waals surface area contributed by atoms with Gasteiger partial charge in [-0.1, -0.05) is 12.1 Å². The number of allylic oxidation sites excluding steroid dienone is 2. The Morgan fingerprint density at radius 3 is 2.20 bits per heavy atom. The summed E-state index contributed by atoms with van der Waals surface area (Å²) in [6, 6.07) is 8.33. The predicted molar refractivity (Wildman–Crippen MR) is 63.0 cm³/mol. The molecule has 1 aromatic rings. The van der Waals surface area contributed by atoms with Gasteiger partial charge in [-0.25, -0.2) is 0 Å². The number of carbonyl (C=O) groups excluding carboxylic acids is 1. The van der Waals surface area contributed by atoms with Crippen molar-refractivity contribution in [1.82, 2.24) is 0 Å².